The predicted molar refractivity (Wildman–Crippen MR) is 68.2 cm³/mol. The van der Waals surface area contributed by atoms with E-state index in [1.54, 1.807) is 0 Å². The standard InChI is InChI=1S/C11H16N4OS/c1-6(2)9-8(5-12)10(17-15-9)14-11(16)13-7(3)4/h6-7H,1-4H3,(H2,13,14,16). The van der Waals surface area contributed by atoms with Crippen LogP contribution in [-0.4, -0.2) is 16.4 Å². The van der Waals surface area contributed by atoms with Gasteiger partial charge in [0, 0.05) is 6.04 Å². The maximum absolute atomic E-state index is 11.5. The highest BCUT2D eigenvalue weighted by Gasteiger charge is 2.17. The first-order valence-corrected chi connectivity index (χ1v) is 6.20. The second-order valence-electron chi connectivity index (χ2n) is 4.29. The molecule has 5 nitrogen and oxygen atoms in total. The van der Waals surface area contributed by atoms with Gasteiger partial charge in [-0.25, -0.2) is 4.79 Å². The van der Waals surface area contributed by atoms with Gasteiger partial charge in [0.2, 0.25) is 0 Å². The summed E-state index contributed by atoms with van der Waals surface area (Å²) in [5, 5.41) is 14.9. The van der Waals surface area contributed by atoms with Crippen LogP contribution < -0.4 is 10.6 Å². The van der Waals surface area contributed by atoms with Crippen molar-refractivity contribution in [2.45, 2.75) is 39.7 Å². The van der Waals surface area contributed by atoms with E-state index in [0.717, 1.165) is 17.2 Å². The first-order valence-electron chi connectivity index (χ1n) is 5.42. The van der Waals surface area contributed by atoms with E-state index >= 15 is 0 Å². The number of nitrogens with one attached hydrogen (secondary N) is 2. The van der Waals surface area contributed by atoms with E-state index in [9.17, 15) is 4.79 Å². The maximum Gasteiger partial charge on any atom is 0.320 e. The largest absolute Gasteiger partial charge is 0.336 e. The van der Waals surface area contributed by atoms with Gasteiger partial charge in [-0.05, 0) is 31.3 Å². The summed E-state index contributed by atoms with van der Waals surface area (Å²) in [4.78, 5) is 11.5. The zero-order valence-electron chi connectivity index (χ0n) is 10.4. The van der Waals surface area contributed by atoms with Crippen molar-refractivity contribution in [3.8, 4) is 6.07 Å². The first kappa shape index (κ1) is 13.5. The van der Waals surface area contributed by atoms with Crippen molar-refractivity contribution in [1.82, 2.24) is 9.69 Å². The van der Waals surface area contributed by atoms with Crippen molar-refractivity contribution in [3.05, 3.63) is 11.3 Å². The van der Waals surface area contributed by atoms with Crippen LogP contribution in [0.1, 0.15) is 44.9 Å². The topological polar surface area (TPSA) is 77.8 Å². The minimum absolute atomic E-state index is 0.0537. The molecule has 92 valence electrons. The van der Waals surface area contributed by atoms with Crippen LogP contribution in [0.5, 0.6) is 0 Å². The van der Waals surface area contributed by atoms with Crippen molar-refractivity contribution in [2.75, 3.05) is 5.32 Å². The lowest BCUT2D eigenvalue weighted by Gasteiger charge is -2.08. The second kappa shape index (κ2) is 5.64. The number of aromatic nitrogens is 1. The molecule has 0 radical (unpaired) electrons. The van der Waals surface area contributed by atoms with Crippen molar-refractivity contribution >= 4 is 22.6 Å². The van der Waals surface area contributed by atoms with Crippen LogP contribution in [0.2, 0.25) is 0 Å². The van der Waals surface area contributed by atoms with Gasteiger partial charge in [-0.15, -0.1) is 0 Å². The zero-order chi connectivity index (χ0) is 13.0. The van der Waals surface area contributed by atoms with Gasteiger partial charge in [0.25, 0.3) is 0 Å². The van der Waals surface area contributed by atoms with E-state index < -0.39 is 0 Å². The van der Waals surface area contributed by atoms with Crippen LogP contribution in [0.4, 0.5) is 9.80 Å². The average Bonchev–Trinajstić information content (AvgIpc) is 2.59. The molecule has 0 saturated carbocycles. The molecular formula is C11H16N4OS. The molecule has 1 aromatic rings. The number of anilines is 1. The van der Waals surface area contributed by atoms with Crippen LogP contribution in [0.3, 0.4) is 0 Å². The number of carbonyl (C=O) groups excluding carboxylic acids is 1. The number of urea groups is 1. The molecule has 0 unspecified atom stereocenters. The third kappa shape index (κ3) is 3.43. The monoisotopic (exact) mass is 252 g/mol. The molecule has 1 aromatic heterocycles. The molecule has 17 heavy (non-hydrogen) atoms. The molecule has 0 aromatic carbocycles. The van der Waals surface area contributed by atoms with Crippen LogP contribution in [0.25, 0.3) is 0 Å². The molecule has 1 heterocycles. The minimum atomic E-state index is -0.310. The van der Waals surface area contributed by atoms with E-state index in [4.69, 9.17) is 5.26 Å². The predicted octanol–water partition coefficient (Wildman–Crippen LogP) is 2.67. The number of rotatable bonds is 3. The molecule has 0 fully saturated rings. The van der Waals surface area contributed by atoms with Crippen molar-refractivity contribution < 1.29 is 4.79 Å². The Hall–Kier alpha value is -1.61. The van der Waals surface area contributed by atoms with Crippen molar-refractivity contribution in [3.63, 3.8) is 0 Å². The molecule has 0 aliphatic heterocycles. The summed E-state index contributed by atoms with van der Waals surface area (Å²) >= 11 is 1.14. The number of amides is 2. The summed E-state index contributed by atoms with van der Waals surface area (Å²) in [6.07, 6.45) is 0. The van der Waals surface area contributed by atoms with Crippen molar-refractivity contribution in [2.24, 2.45) is 0 Å². The van der Waals surface area contributed by atoms with Crippen LogP contribution in [-0.2, 0) is 0 Å². The average molecular weight is 252 g/mol. The molecule has 0 aliphatic rings. The number of hydrogen-bond acceptors (Lipinski definition) is 4. The van der Waals surface area contributed by atoms with Gasteiger partial charge >= 0.3 is 6.03 Å². The van der Waals surface area contributed by atoms with E-state index in [0.29, 0.717) is 10.6 Å². The number of nitriles is 1. The smallest absolute Gasteiger partial charge is 0.320 e. The Bertz CT molecular complexity index is 445. The van der Waals surface area contributed by atoms with Gasteiger partial charge in [0.15, 0.2) is 0 Å². The zero-order valence-corrected chi connectivity index (χ0v) is 11.2. The lowest BCUT2D eigenvalue weighted by Crippen LogP contribution is -2.34. The van der Waals surface area contributed by atoms with Gasteiger partial charge < -0.3 is 5.32 Å². The van der Waals surface area contributed by atoms with Crippen LogP contribution in [0, 0.1) is 11.3 Å². The van der Waals surface area contributed by atoms with Gasteiger partial charge in [-0.1, -0.05) is 13.8 Å². The Morgan fingerprint density at radius 3 is 2.53 bits per heavy atom. The molecule has 6 heteroatoms. The molecule has 0 atom stereocenters. The summed E-state index contributed by atoms with van der Waals surface area (Å²) < 4.78 is 4.20. The second-order valence-corrected chi connectivity index (χ2v) is 5.07. The summed E-state index contributed by atoms with van der Waals surface area (Å²) in [5.74, 6) is 0.171. The van der Waals surface area contributed by atoms with E-state index in [2.05, 4.69) is 21.1 Å². The quantitative estimate of drug-likeness (QED) is 0.868. The number of hydrogen-bond donors (Lipinski definition) is 2. The molecule has 1 rings (SSSR count). The highest BCUT2D eigenvalue weighted by molar-refractivity contribution is 7.10. The fourth-order valence-electron chi connectivity index (χ4n) is 1.29. The lowest BCUT2D eigenvalue weighted by molar-refractivity contribution is 0.250. The number of nitrogens with zero attached hydrogens (tertiary/aromatic N) is 2. The van der Waals surface area contributed by atoms with E-state index in [1.807, 2.05) is 27.7 Å². The molecule has 2 amide bonds. The van der Waals surface area contributed by atoms with Gasteiger partial charge in [-0.3, -0.25) is 5.32 Å². The Kier molecular flexibility index (Phi) is 4.46. The first-order chi connectivity index (χ1) is 7.95. The molecule has 2 N–H and O–H groups in total. The van der Waals surface area contributed by atoms with Gasteiger partial charge in [0.1, 0.15) is 16.6 Å². The molecule has 0 saturated heterocycles. The Labute approximate surface area is 105 Å². The summed E-state index contributed by atoms with van der Waals surface area (Å²) in [6, 6.07) is 1.83. The highest BCUT2D eigenvalue weighted by atomic mass is 32.1. The Morgan fingerprint density at radius 2 is 2.06 bits per heavy atom. The Morgan fingerprint density at radius 1 is 1.41 bits per heavy atom. The maximum atomic E-state index is 11.5. The summed E-state index contributed by atoms with van der Waals surface area (Å²) in [6.45, 7) is 7.68. The fourth-order valence-corrected chi connectivity index (χ4v) is 2.16. The van der Waals surface area contributed by atoms with Crippen molar-refractivity contribution in [1.29, 1.82) is 5.26 Å². The van der Waals surface area contributed by atoms with Crippen LogP contribution in [0.15, 0.2) is 0 Å². The normalized spacial score (nSPS) is 10.4. The van der Waals surface area contributed by atoms with Gasteiger partial charge in [-0.2, -0.15) is 9.64 Å². The fraction of sp³-hybridized carbons (Fsp3) is 0.545. The van der Waals surface area contributed by atoms with E-state index in [-0.39, 0.29) is 18.0 Å². The molecule has 0 aliphatic carbocycles. The SMILES string of the molecule is CC(C)NC(=O)Nc1snc(C(C)C)c1C#N. The minimum Gasteiger partial charge on any atom is -0.336 e. The third-order valence-electron chi connectivity index (χ3n) is 2.02. The molecule has 0 bridgehead atoms. The summed E-state index contributed by atoms with van der Waals surface area (Å²) in [5.41, 5.74) is 1.20. The highest BCUT2D eigenvalue weighted by Crippen LogP contribution is 2.28. The van der Waals surface area contributed by atoms with E-state index in [1.165, 1.54) is 0 Å². The lowest BCUT2D eigenvalue weighted by atomic mass is 10.1. The molecular weight excluding hydrogens is 236 g/mol. The Balaban J connectivity index is 2.86. The van der Waals surface area contributed by atoms with Crippen LogP contribution >= 0.6 is 11.5 Å². The third-order valence-corrected chi connectivity index (χ3v) is 2.80. The van der Waals surface area contributed by atoms with Gasteiger partial charge in [0.05, 0.1) is 5.69 Å². The number of carbonyl (C=O) groups is 1. The summed E-state index contributed by atoms with van der Waals surface area (Å²) in [7, 11) is 0. The molecule has 0 spiro atoms.